The van der Waals surface area contributed by atoms with E-state index in [4.69, 9.17) is 9.47 Å². The van der Waals surface area contributed by atoms with Crippen LogP contribution in [0.3, 0.4) is 0 Å². The summed E-state index contributed by atoms with van der Waals surface area (Å²) in [6.45, 7) is 7.31. The summed E-state index contributed by atoms with van der Waals surface area (Å²) in [5.41, 5.74) is 2.38. The minimum absolute atomic E-state index is 0.299. The molecule has 2 aliphatic rings. The molecule has 5 nitrogen and oxygen atoms in total. The van der Waals surface area contributed by atoms with Crippen molar-refractivity contribution in [1.29, 1.82) is 0 Å². The summed E-state index contributed by atoms with van der Waals surface area (Å²) >= 11 is 0. The van der Waals surface area contributed by atoms with E-state index in [1.807, 2.05) is 24.3 Å². The maximum atomic E-state index is 13.7. The third-order valence-corrected chi connectivity index (χ3v) is 6.37. The smallest absolute Gasteiger partial charge is 0.165 e. The summed E-state index contributed by atoms with van der Waals surface area (Å²) in [6.07, 6.45) is 2.47. The average molecular weight is 414 g/mol. The molecule has 2 fully saturated rings. The molecule has 2 aromatic carbocycles. The lowest BCUT2D eigenvalue weighted by molar-refractivity contribution is 0.0887. The second-order valence-corrected chi connectivity index (χ2v) is 8.22. The molecule has 0 bridgehead atoms. The summed E-state index contributed by atoms with van der Waals surface area (Å²) < 4.78 is 24.1. The number of rotatable bonds is 6. The molecule has 0 radical (unpaired) electrons. The molecule has 0 aromatic heterocycles. The van der Waals surface area contributed by atoms with E-state index in [1.165, 1.54) is 31.7 Å². The minimum Gasteiger partial charge on any atom is -0.497 e. The minimum atomic E-state index is -0.299. The number of likely N-dealkylation sites (tertiary alicyclic amines) is 1. The average Bonchev–Trinajstić information content (AvgIpc) is 2.81. The van der Waals surface area contributed by atoms with Gasteiger partial charge < -0.3 is 14.4 Å². The Morgan fingerprint density at radius 3 is 2.40 bits per heavy atom. The fourth-order valence-electron chi connectivity index (χ4n) is 4.67. The van der Waals surface area contributed by atoms with Gasteiger partial charge in [0.15, 0.2) is 11.6 Å². The SMILES string of the molecule is COc1ccc(N2CCN(C3CCCN(Cc4ccc(F)c(OC)c4)C3)CC2)cc1. The van der Waals surface area contributed by atoms with E-state index in [-0.39, 0.29) is 5.82 Å². The van der Waals surface area contributed by atoms with Gasteiger partial charge in [0.25, 0.3) is 0 Å². The van der Waals surface area contributed by atoms with Crippen LogP contribution in [0.2, 0.25) is 0 Å². The zero-order valence-electron chi connectivity index (χ0n) is 18.0. The highest BCUT2D eigenvalue weighted by Gasteiger charge is 2.28. The third kappa shape index (κ3) is 4.87. The van der Waals surface area contributed by atoms with Crippen molar-refractivity contribution in [2.45, 2.75) is 25.4 Å². The highest BCUT2D eigenvalue weighted by molar-refractivity contribution is 5.49. The number of anilines is 1. The van der Waals surface area contributed by atoms with Gasteiger partial charge in [0.1, 0.15) is 5.75 Å². The maximum Gasteiger partial charge on any atom is 0.165 e. The van der Waals surface area contributed by atoms with Gasteiger partial charge in [-0.25, -0.2) is 4.39 Å². The zero-order chi connectivity index (χ0) is 20.9. The van der Waals surface area contributed by atoms with Crippen molar-refractivity contribution in [3.63, 3.8) is 0 Å². The van der Waals surface area contributed by atoms with Gasteiger partial charge in [0.2, 0.25) is 0 Å². The van der Waals surface area contributed by atoms with E-state index < -0.39 is 0 Å². The van der Waals surface area contributed by atoms with E-state index in [1.54, 1.807) is 7.11 Å². The largest absolute Gasteiger partial charge is 0.497 e. The summed E-state index contributed by atoms with van der Waals surface area (Å²) in [6, 6.07) is 14.2. The fourth-order valence-corrected chi connectivity index (χ4v) is 4.67. The lowest BCUT2D eigenvalue weighted by atomic mass is 10.0. The molecule has 2 aromatic rings. The van der Waals surface area contributed by atoms with Gasteiger partial charge >= 0.3 is 0 Å². The number of piperazine rings is 1. The quantitative estimate of drug-likeness (QED) is 0.721. The Balaban J connectivity index is 1.30. The lowest BCUT2D eigenvalue weighted by Gasteiger charge is -2.44. The van der Waals surface area contributed by atoms with Crippen LogP contribution >= 0.6 is 0 Å². The Bertz CT molecular complexity index is 822. The van der Waals surface area contributed by atoms with Gasteiger partial charge in [0, 0.05) is 51.0 Å². The molecular weight excluding hydrogens is 381 g/mol. The Morgan fingerprint density at radius 2 is 1.70 bits per heavy atom. The summed E-state index contributed by atoms with van der Waals surface area (Å²) in [4.78, 5) is 7.61. The Morgan fingerprint density at radius 1 is 0.933 bits per heavy atom. The Kier molecular flexibility index (Phi) is 6.75. The van der Waals surface area contributed by atoms with E-state index in [2.05, 4.69) is 26.8 Å². The first-order valence-corrected chi connectivity index (χ1v) is 10.8. The van der Waals surface area contributed by atoms with E-state index in [0.29, 0.717) is 11.8 Å². The standard InChI is InChI=1S/C24H32FN3O2/c1-29-22-8-6-20(7-9-22)27-12-14-28(15-13-27)21-4-3-11-26(18-21)17-19-5-10-23(25)24(16-19)30-2/h5-10,16,21H,3-4,11-15,17-18H2,1-2H3. The predicted octanol–water partition coefficient (Wildman–Crippen LogP) is 3.63. The van der Waals surface area contributed by atoms with Gasteiger partial charge in [-0.15, -0.1) is 0 Å². The van der Waals surface area contributed by atoms with Crippen molar-refractivity contribution in [1.82, 2.24) is 9.80 Å². The molecule has 0 N–H and O–H groups in total. The molecule has 2 aliphatic heterocycles. The van der Waals surface area contributed by atoms with Crippen LogP contribution in [0, 0.1) is 5.82 Å². The number of nitrogens with zero attached hydrogens (tertiary/aromatic N) is 3. The van der Waals surface area contributed by atoms with Crippen LogP contribution in [-0.2, 0) is 6.54 Å². The van der Waals surface area contributed by atoms with Crippen molar-refractivity contribution < 1.29 is 13.9 Å². The van der Waals surface area contributed by atoms with Crippen LogP contribution in [0.5, 0.6) is 11.5 Å². The van der Waals surface area contributed by atoms with Crippen LogP contribution in [0.25, 0.3) is 0 Å². The summed E-state index contributed by atoms with van der Waals surface area (Å²) in [5, 5.41) is 0. The van der Waals surface area contributed by atoms with Crippen LogP contribution in [0.15, 0.2) is 42.5 Å². The van der Waals surface area contributed by atoms with Crippen molar-refractivity contribution in [2.75, 3.05) is 58.4 Å². The molecule has 0 aliphatic carbocycles. The van der Waals surface area contributed by atoms with Gasteiger partial charge in [-0.3, -0.25) is 9.80 Å². The normalized spacial score (nSPS) is 20.9. The van der Waals surface area contributed by atoms with Gasteiger partial charge in [-0.1, -0.05) is 6.07 Å². The molecule has 2 heterocycles. The molecular formula is C24H32FN3O2. The van der Waals surface area contributed by atoms with Crippen molar-refractivity contribution in [2.24, 2.45) is 0 Å². The molecule has 2 saturated heterocycles. The van der Waals surface area contributed by atoms with Crippen molar-refractivity contribution in [3.05, 3.63) is 53.8 Å². The van der Waals surface area contributed by atoms with Crippen LogP contribution in [-0.4, -0.2) is 69.3 Å². The molecule has 1 atom stereocenters. The molecule has 0 saturated carbocycles. The number of methoxy groups -OCH3 is 2. The van der Waals surface area contributed by atoms with Crippen LogP contribution < -0.4 is 14.4 Å². The van der Waals surface area contributed by atoms with Crippen LogP contribution in [0.4, 0.5) is 10.1 Å². The summed E-state index contributed by atoms with van der Waals surface area (Å²) in [5.74, 6) is 0.932. The molecule has 30 heavy (non-hydrogen) atoms. The molecule has 162 valence electrons. The predicted molar refractivity (Wildman–Crippen MR) is 118 cm³/mol. The molecule has 6 heteroatoms. The number of ether oxygens (including phenoxy) is 2. The number of benzene rings is 2. The Hall–Kier alpha value is -2.31. The number of piperidine rings is 1. The number of halogens is 1. The molecule has 0 spiro atoms. The van der Waals surface area contributed by atoms with Crippen molar-refractivity contribution in [3.8, 4) is 11.5 Å². The van der Waals surface area contributed by atoms with E-state index >= 15 is 0 Å². The molecule has 1 unspecified atom stereocenters. The first-order valence-electron chi connectivity index (χ1n) is 10.8. The molecule has 4 rings (SSSR count). The highest BCUT2D eigenvalue weighted by Crippen LogP contribution is 2.25. The fraction of sp³-hybridized carbons (Fsp3) is 0.500. The van der Waals surface area contributed by atoms with Gasteiger partial charge in [0.05, 0.1) is 14.2 Å². The lowest BCUT2D eigenvalue weighted by Crippen LogP contribution is -2.55. The second kappa shape index (κ2) is 9.67. The third-order valence-electron chi connectivity index (χ3n) is 6.37. The van der Waals surface area contributed by atoms with Crippen LogP contribution in [0.1, 0.15) is 18.4 Å². The first kappa shape index (κ1) is 20.9. The van der Waals surface area contributed by atoms with Gasteiger partial charge in [-0.2, -0.15) is 0 Å². The van der Waals surface area contributed by atoms with Gasteiger partial charge in [-0.05, 0) is 61.3 Å². The maximum absolute atomic E-state index is 13.7. The highest BCUT2D eigenvalue weighted by atomic mass is 19.1. The van der Waals surface area contributed by atoms with E-state index in [9.17, 15) is 4.39 Å². The number of hydrogen-bond acceptors (Lipinski definition) is 5. The monoisotopic (exact) mass is 413 g/mol. The zero-order valence-corrected chi connectivity index (χ0v) is 18.0. The Labute approximate surface area is 179 Å². The van der Waals surface area contributed by atoms with Crippen molar-refractivity contribution >= 4 is 5.69 Å². The first-order chi connectivity index (χ1) is 14.7. The number of hydrogen-bond donors (Lipinski definition) is 0. The summed E-state index contributed by atoms with van der Waals surface area (Å²) in [7, 11) is 3.22. The van der Waals surface area contributed by atoms with E-state index in [0.717, 1.165) is 57.1 Å². The molecule has 0 amide bonds. The second-order valence-electron chi connectivity index (χ2n) is 8.22. The topological polar surface area (TPSA) is 28.2 Å².